The fourth-order valence-corrected chi connectivity index (χ4v) is 3.43. The van der Waals surface area contributed by atoms with Crippen molar-refractivity contribution in [3.63, 3.8) is 0 Å². The number of rotatable bonds is 4. The molecule has 0 aliphatic rings. The Labute approximate surface area is 171 Å². The number of benzene rings is 2. The average molecular weight is 478 g/mol. The van der Waals surface area contributed by atoms with Gasteiger partial charge in [0.2, 0.25) is 0 Å². The first-order chi connectivity index (χ1) is 12.5. The molecule has 1 heterocycles. The van der Waals surface area contributed by atoms with Crippen molar-refractivity contribution in [1.82, 2.24) is 9.99 Å². The molecule has 132 valence electrons. The van der Waals surface area contributed by atoms with E-state index >= 15 is 0 Å². The van der Waals surface area contributed by atoms with Gasteiger partial charge in [0.15, 0.2) is 0 Å². The van der Waals surface area contributed by atoms with Gasteiger partial charge in [-0.3, -0.25) is 4.79 Å². The van der Waals surface area contributed by atoms with Crippen LogP contribution in [0, 0.1) is 17.4 Å². The summed E-state index contributed by atoms with van der Waals surface area (Å²) in [6.07, 6.45) is 1.67. The van der Waals surface area contributed by atoms with Gasteiger partial charge in [-0.1, -0.05) is 17.7 Å². The highest BCUT2D eigenvalue weighted by molar-refractivity contribution is 14.1. The van der Waals surface area contributed by atoms with E-state index in [1.807, 2.05) is 62.4 Å². The number of hydrogen-bond donors (Lipinski definition) is 1. The summed E-state index contributed by atoms with van der Waals surface area (Å²) in [6.45, 7) is 4.05. The van der Waals surface area contributed by atoms with Crippen LogP contribution in [0.1, 0.15) is 27.3 Å². The van der Waals surface area contributed by atoms with Crippen LogP contribution in [0.5, 0.6) is 0 Å². The number of nitrogens with one attached hydrogen (secondary N) is 1. The van der Waals surface area contributed by atoms with Gasteiger partial charge in [0.25, 0.3) is 5.91 Å². The lowest BCUT2D eigenvalue weighted by Crippen LogP contribution is -2.17. The van der Waals surface area contributed by atoms with Gasteiger partial charge in [-0.05, 0) is 85.0 Å². The molecule has 1 N–H and O–H groups in total. The van der Waals surface area contributed by atoms with E-state index < -0.39 is 0 Å². The van der Waals surface area contributed by atoms with Crippen LogP contribution in [0.2, 0.25) is 5.02 Å². The fourth-order valence-electron chi connectivity index (χ4n) is 2.76. The number of halogens is 2. The summed E-state index contributed by atoms with van der Waals surface area (Å²) in [6, 6.07) is 17.1. The Bertz CT molecular complexity index is 977. The molecule has 1 amide bonds. The summed E-state index contributed by atoms with van der Waals surface area (Å²) >= 11 is 8.15. The van der Waals surface area contributed by atoms with Gasteiger partial charge in [-0.15, -0.1) is 0 Å². The van der Waals surface area contributed by atoms with Crippen molar-refractivity contribution in [2.24, 2.45) is 5.10 Å². The molecule has 3 rings (SSSR count). The number of amides is 1. The highest BCUT2D eigenvalue weighted by Gasteiger charge is 2.10. The van der Waals surface area contributed by atoms with Crippen molar-refractivity contribution in [3.05, 3.63) is 85.7 Å². The molecule has 0 atom stereocenters. The molecule has 4 nitrogen and oxygen atoms in total. The number of hydrazone groups is 1. The Hall–Kier alpha value is -2.12. The van der Waals surface area contributed by atoms with E-state index in [4.69, 9.17) is 11.6 Å². The first-order valence-electron chi connectivity index (χ1n) is 7.99. The van der Waals surface area contributed by atoms with Crippen LogP contribution >= 0.6 is 34.2 Å². The summed E-state index contributed by atoms with van der Waals surface area (Å²) in [5.41, 5.74) is 7.26. The average Bonchev–Trinajstić information content (AvgIpc) is 2.89. The van der Waals surface area contributed by atoms with Crippen LogP contribution in [-0.2, 0) is 0 Å². The van der Waals surface area contributed by atoms with Gasteiger partial charge in [-0.25, -0.2) is 5.43 Å². The third kappa shape index (κ3) is 4.16. The van der Waals surface area contributed by atoms with E-state index in [9.17, 15) is 4.79 Å². The maximum absolute atomic E-state index is 12.2. The van der Waals surface area contributed by atoms with Crippen molar-refractivity contribution >= 4 is 46.3 Å². The maximum Gasteiger partial charge on any atom is 0.271 e. The van der Waals surface area contributed by atoms with Crippen molar-refractivity contribution in [2.75, 3.05) is 0 Å². The van der Waals surface area contributed by atoms with Crippen molar-refractivity contribution in [2.45, 2.75) is 13.8 Å². The smallest absolute Gasteiger partial charge is 0.271 e. The molecule has 26 heavy (non-hydrogen) atoms. The summed E-state index contributed by atoms with van der Waals surface area (Å²) in [7, 11) is 0. The number of aryl methyl sites for hydroxylation is 1. The maximum atomic E-state index is 12.2. The second-order valence-electron chi connectivity index (χ2n) is 5.85. The van der Waals surface area contributed by atoms with E-state index in [2.05, 4.69) is 37.7 Å². The summed E-state index contributed by atoms with van der Waals surface area (Å²) < 4.78 is 3.13. The lowest BCUT2D eigenvalue weighted by Gasteiger charge is -2.09. The second kappa shape index (κ2) is 8.05. The molecular formula is C20H17ClIN3O. The predicted molar refractivity (Wildman–Crippen MR) is 114 cm³/mol. The van der Waals surface area contributed by atoms with Crippen LogP contribution < -0.4 is 5.43 Å². The molecule has 0 radical (unpaired) electrons. The van der Waals surface area contributed by atoms with Gasteiger partial charge >= 0.3 is 0 Å². The highest BCUT2D eigenvalue weighted by atomic mass is 127. The lowest BCUT2D eigenvalue weighted by molar-refractivity contribution is 0.0955. The molecule has 0 fully saturated rings. The monoisotopic (exact) mass is 477 g/mol. The largest absolute Gasteiger partial charge is 0.318 e. The minimum atomic E-state index is -0.230. The third-order valence-electron chi connectivity index (χ3n) is 4.01. The molecule has 0 aliphatic heterocycles. The molecular weight excluding hydrogens is 461 g/mol. The van der Waals surface area contributed by atoms with E-state index in [1.165, 1.54) is 0 Å². The minimum absolute atomic E-state index is 0.230. The molecule has 6 heteroatoms. The predicted octanol–water partition coefficient (Wildman–Crippen LogP) is 5.12. The van der Waals surface area contributed by atoms with Crippen molar-refractivity contribution in [3.8, 4) is 5.69 Å². The Morgan fingerprint density at radius 2 is 1.88 bits per heavy atom. The Morgan fingerprint density at radius 3 is 2.58 bits per heavy atom. The summed E-state index contributed by atoms with van der Waals surface area (Å²) in [4.78, 5) is 12.2. The fraction of sp³-hybridized carbons (Fsp3) is 0.100. The van der Waals surface area contributed by atoms with Crippen LogP contribution in [0.4, 0.5) is 0 Å². The van der Waals surface area contributed by atoms with E-state index in [-0.39, 0.29) is 5.91 Å². The molecule has 3 aromatic rings. The van der Waals surface area contributed by atoms with E-state index in [0.29, 0.717) is 10.6 Å². The van der Waals surface area contributed by atoms with Crippen molar-refractivity contribution < 1.29 is 4.79 Å². The normalized spacial score (nSPS) is 11.1. The SMILES string of the molecule is Cc1cc(/C=N\NC(=O)c2cccc(I)c2)c(C)n1-c1ccc(Cl)cc1. The Morgan fingerprint density at radius 1 is 1.15 bits per heavy atom. The number of aromatic nitrogens is 1. The molecule has 0 saturated heterocycles. The molecule has 0 bridgehead atoms. The zero-order valence-electron chi connectivity index (χ0n) is 14.3. The van der Waals surface area contributed by atoms with Gasteiger partial charge in [0.1, 0.15) is 0 Å². The molecule has 2 aromatic carbocycles. The lowest BCUT2D eigenvalue weighted by atomic mass is 10.2. The van der Waals surface area contributed by atoms with Crippen LogP contribution in [-0.4, -0.2) is 16.7 Å². The molecule has 0 aliphatic carbocycles. The van der Waals surface area contributed by atoms with Crippen LogP contribution in [0.15, 0.2) is 59.7 Å². The molecule has 0 spiro atoms. The summed E-state index contributed by atoms with van der Waals surface area (Å²) in [5, 5.41) is 4.81. The number of carbonyl (C=O) groups is 1. The molecule has 0 unspecified atom stereocenters. The Kier molecular flexibility index (Phi) is 5.78. The van der Waals surface area contributed by atoms with Gasteiger partial charge < -0.3 is 4.57 Å². The number of hydrogen-bond acceptors (Lipinski definition) is 2. The second-order valence-corrected chi connectivity index (χ2v) is 7.53. The zero-order chi connectivity index (χ0) is 18.7. The number of carbonyl (C=O) groups excluding carboxylic acids is 1. The summed E-state index contributed by atoms with van der Waals surface area (Å²) in [5.74, 6) is -0.230. The quantitative estimate of drug-likeness (QED) is 0.317. The van der Waals surface area contributed by atoms with Gasteiger partial charge in [-0.2, -0.15) is 5.10 Å². The first kappa shape index (κ1) is 18.7. The van der Waals surface area contributed by atoms with Gasteiger partial charge in [0.05, 0.1) is 6.21 Å². The number of nitrogens with zero attached hydrogens (tertiary/aromatic N) is 2. The van der Waals surface area contributed by atoms with Crippen molar-refractivity contribution in [1.29, 1.82) is 0 Å². The third-order valence-corrected chi connectivity index (χ3v) is 4.93. The standard InChI is InChI=1S/C20H17ClIN3O/c1-13-10-16(14(2)25(13)19-8-6-17(21)7-9-19)12-23-24-20(26)15-4-3-5-18(22)11-15/h3-12H,1-2H3,(H,24,26)/b23-12-. The van der Waals surface area contributed by atoms with Crippen LogP contribution in [0.3, 0.4) is 0 Å². The van der Waals surface area contributed by atoms with E-state index in [0.717, 1.165) is 26.2 Å². The van der Waals surface area contributed by atoms with E-state index in [1.54, 1.807) is 12.3 Å². The first-order valence-corrected chi connectivity index (χ1v) is 9.45. The Balaban J connectivity index is 1.78. The zero-order valence-corrected chi connectivity index (χ0v) is 17.2. The molecule has 1 aromatic heterocycles. The topological polar surface area (TPSA) is 46.4 Å². The van der Waals surface area contributed by atoms with Gasteiger partial charge in [0, 0.05) is 36.8 Å². The molecule has 0 saturated carbocycles. The highest BCUT2D eigenvalue weighted by Crippen LogP contribution is 2.21. The minimum Gasteiger partial charge on any atom is -0.318 e. The van der Waals surface area contributed by atoms with Crippen LogP contribution in [0.25, 0.3) is 5.69 Å².